The maximum Gasteiger partial charge on any atom is 0.441 e. The van der Waals surface area contributed by atoms with Gasteiger partial charge >= 0.3 is 6.09 Å². The number of likely N-dealkylation sites (tertiary alicyclic amines) is 1. The number of aldehydes is 1. The highest BCUT2D eigenvalue weighted by atomic mass is 32.1. The molecule has 3 unspecified atom stereocenters. The van der Waals surface area contributed by atoms with Gasteiger partial charge in [0.15, 0.2) is 11.5 Å². The van der Waals surface area contributed by atoms with Gasteiger partial charge in [-0.05, 0) is 55.3 Å². The van der Waals surface area contributed by atoms with Crippen molar-refractivity contribution < 1.29 is 37.8 Å². The van der Waals surface area contributed by atoms with Crippen LogP contribution in [0.2, 0.25) is 0 Å². The van der Waals surface area contributed by atoms with E-state index >= 15 is 0 Å². The lowest BCUT2D eigenvalue weighted by Crippen LogP contribution is -2.48. The average Bonchev–Trinajstić information content (AvgIpc) is 3.95. The summed E-state index contributed by atoms with van der Waals surface area (Å²) in [5.41, 5.74) is 8.47. The summed E-state index contributed by atoms with van der Waals surface area (Å²) in [6.45, 7) is 3.01. The van der Waals surface area contributed by atoms with Crippen LogP contribution >= 0.6 is 11.3 Å². The number of nitrogens with two attached hydrogens (primary N) is 1. The third kappa shape index (κ3) is 7.89. The molecule has 2 aromatic carbocycles. The number of allylic oxidation sites excluding steroid dienone is 4. The molecular formula is C38H40FN5O7S. The summed E-state index contributed by atoms with van der Waals surface area (Å²) >= 11 is 1.36. The molecule has 14 heteroatoms. The van der Waals surface area contributed by atoms with Crippen molar-refractivity contribution >= 4 is 46.9 Å². The summed E-state index contributed by atoms with van der Waals surface area (Å²) < 4.78 is 31.3. The van der Waals surface area contributed by atoms with Gasteiger partial charge in [-0.25, -0.2) is 9.18 Å². The van der Waals surface area contributed by atoms with E-state index in [4.69, 9.17) is 19.9 Å². The van der Waals surface area contributed by atoms with Crippen molar-refractivity contribution in [3.8, 4) is 5.75 Å². The molecule has 2 aliphatic carbocycles. The van der Waals surface area contributed by atoms with Crippen LogP contribution in [0, 0.1) is 5.92 Å². The molecule has 1 aromatic heterocycles. The van der Waals surface area contributed by atoms with Gasteiger partial charge in [-0.2, -0.15) is 4.99 Å². The number of alkyl halides is 1. The van der Waals surface area contributed by atoms with Crippen LogP contribution in [0.4, 0.5) is 9.18 Å². The van der Waals surface area contributed by atoms with E-state index in [1.807, 2.05) is 24.3 Å². The Morgan fingerprint density at radius 2 is 1.87 bits per heavy atom. The molecule has 0 radical (unpaired) electrons. The highest BCUT2D eigenvalue weighted by Crippen LogP contribution is 2.51. The Bertz CT molecular complexity index is 1920. The topological polar surface area (TPSA) is 162 Å². The smallest absolute Gasteiger partial charge is 0.409 e. The molecule has 3 heterocycles. The Kier molecular flexibility index (Phi) is 11.1. The Morgan fingerprint density at radius 1 is 1.13 bits per heavy atom. The summed E-state index contributed by atoms with van der Waals surface area (Å²) in [5, 5.41) is 7.44. The lowest BCUT2D eigenvalue weighted by molar-refractivity contribution is -0.152. The van der Waals surface area contributed by atoms with Crippen LogP contribution < -0.4 is 21.1 Å². The number of hydrogen-bond donors (Lipinski definition) is 3. The van der Waals surface area contributed by atoms with Gasteiger partial charge in [-0.15, -0.1) is 11.3 Å². The van der Waals surface area contributed by atoms with Gasteiger partial charge in [-0.1, -0.05) is 54.6 Å². The van der Waals surface area contributed by atoms with Gasteiger partial charge in [-0.3, -0.25) is 9.59 Å². The normalized spacial score (nSPS) is 22.8. The minimum atomic E-state index is -1.42. The quantitative estimate of drug-likeness (QED) is 0.175. The zero-order chi connectivity index (χ0) is 36.9. The molecule has 2 fully saturated rings. The molecular weight excluding hydrogens is 690 g/mol. The molecule has 0 saturated carbocycles. The number of thiophene rings is 1. The second kappa shape index (κ2) is 15.7. The highest BCUT2D eigenvalue weighted by Gasteiger charge is 2.52. The number of hydrogen-bond acceptors (Lipinski definition) is 9. The number of amides is 3. The minimum absolute atomic E-state index is 0.0110. The summed E-state index contributed by atoms with van der Waals surface area (Å²) in [4.78, 5) is 54.5. The van der Waals surface area contributed by atoms with Crippen molar-refractivity contribution in [1.82, 2.24) is 15.5 Å². The summed E-state index contributed by atoms with van der Waals surface area (Å²) in [6.07, 6.45) is 4.57. The number of nitrogens with one attached hydrogen (secondary N) is 2. The van der Waals surface area contributed by atoms with Crippen molar-refractivity contribution in [3.63, 3.8) is 0 Å². The number of para-hydroxylation sites is 1. The van der Waals surface area contributed by atoms with E-state index in [9.17, 15) is 23.6 Å². The number of benzene rings is 2. The Morgan fingerprint density at radius 3 is 2.60 bits per heavy atom. The molecule has 3 aromatic rings. The maximum atomic E-state index is 14.8. The number of amidine groups is 1. The molecule has 2 saturated heterocycles. The molecule has 12 nitrogen and oxygen atoms in total. The number of nitrogens with zero attached hydrogens (tertiary/aromatic N) is 2. The molecule has 7 rings (SSSR count). The first kappa shape index (κ1) is 36.8. The highest BCUT2D eigenvalue weighted by molar-refractivity contribution is 7.10. The molecule has 2 aliphatic heterocycles. The number of likely N-dealkylation sites (N-methyl/N-ethyl adjacent to an activating group) is 1. The fourth-order valence-corrected chi connectivity index (χ4v) is 7.61. The van der Waals surface area contributed by atoms with Crippen molar-refractivity contribution in [2.24, 2.45) is 16.6 Å². The van der Waals surface area contributed by atoms with Gasteiger partial charge in [0.25, 0.3) is 0 Å². The Labute approximate surface area is 304 Å². The third-order valence-electron chi connectivity index (χ3n) is 9.32. The predicted octanol–water partition coefficient (Wildman–Crippen LogP) is 4.25. The molecule has 3 amide bonds. The average molecular weight is 730 g/mol. The molecule has 52 heavy (non-hydrogen) atoms. The van der Waals surface area contributed by atoms with Crippen molar-refractivity contribution in [3.05, 3.63) is 105 Å². The molecule has 0 bridgehead atoms. The van der Waals surface area contributed by atoms with Gasteiger partial charge < -0.3 is 40.3 Å². The zero-order valence-electron chi connectivity index (χ0n) is 28.8. The van der Waals surface area contributed by atoms with E-state index in [0.29, 0.717) is 30.9 Å². The molecule has 3 atom stereocenters. The lowest BCUT2D eigenvalue weighted by atomic mass is 9.87. The molecule has 4 aliphatic rings. The second-order valence-corrected chi connectivity index (χ2v) is 13.9. The van der Waals surface area contributed by atoms with Crippen LogP contribution in [0.3, 0.4) is 0 Å². The van der Waals surface area contributed by atoms with E-state index in [0.717, 1.165) is 33.4 Å². The van der Waals surface area contributed by atoms with Crippen LogP contribution in [-0.4, -0.2) is 80.1 Å². The number of carbonyl (C=O) groups excluding carboxylic acids is 4. The SMILES string of the molecule is CC1(F)C2=C(CC(C=O)C=C2)c2ccccc21.CNCC(=O)N1CC2(CC1C(=O)NCc1cc(/C(N)=N\C(=O)Oc3ccccc3)cs1)OCCO2. The zero-order valence-corrected chi connectivity index (χ0v) is 29.6. The van der Waals surface area contributed by atoms with Gasteiger partial charge in [0.1, 0.15) is 23.9 Å². The first-order valence-electron chi connectivity index (χ1n) is 16.9. The minimum Gasteiger partial charge on any atom is -0.409 e. The summed E-state index contributed by atoms with van der Waals surface area (Å²) in [7, 11) is 1.67. The fraction of sp³-hybridized carbons (Fsp3) is 0.342. The van der Waals surface area contributed by atoms with Crippen LogP contribution in [-0.2, 0) is 36.1 Å². The van der Waals surface area contributed by atoms with Gasteiger partial charge in [0, 0.05) is 33.7 Å². The van der Waals surface area contributed by atoms with E-state index in [1.54, 1.807) is 67.9 Å². The Balaban J connectivity index is 0.000000226. The standard InChI is InChI=1S/C23H27N5O6S.C15H13FO/c1-25-12-19(29)28-14-23(32-7-8-33-23)10-18(28)21(30)26-11-17-9-15(13-35-17)20(24)27-22(31)34-16-5-3-2-4-6-16;1-15(16)13-5-3-2-4-11(13)12-8-10(9-17)6-7-14(12)15/h2-6,9,13,18,25H,7-8,10-12,14H2,1H3,(H,26,30)(H2,24,27,31);2-7,9-10H,8H2,1H3. The van der Waals surface area contributed by atoms with Crippen molar-refractivity contribution in [1.29, 1.82) is 0 Å². The van der Waals surface area contributed by atoms with Crippen LogP contribution in [0.1, 0.15) is 41.3 Å². The van der Waals surface area contributed by atoms with E-state index < -0.39 is 23.6 Å². The van der Waals surface area contributed by atoms with Gasteiger partial charge in [0.05, 0.1) is 32.8 Å². The number of fused-ring (bicyclic) bond motifs is 2. The van der Waals surface area contributed by atoms with Gasteiger partial charge in [0.2, 0.25) is 11.8 Å². The van der Waals surface area contributed by atoms with Crippen molar-refractivity contribution in [2.45, 2.75) is 43.8 Å². The first-order valence-corrected chi connectivity index (χ1v) is 17.8. The fourth-order valence-electron chi connectivity index (χ4n) is 6.79. The van der Waals surface area contributed by atoms with Crippen LogP contribution in [0.15, 0.2) is 88.8 Å². The number of carbonyl (C=O) groups is 4. The summed E-state index contributed by atoms with van der Waals surface area (Å²) in [5.74, 6) is -1.16. The van der Waals surface area contributed by atoms with E-state index in [-0.39, 0.29) is 49.6 Å². The van der Waals surface area contributed by atoms with E-state index in [1.165, 1.54) is 16.2 Å². The number of aliphatic imine (C=N–C) groups is 1. The second-order valence-electron chi connectivity index (χ2n) is 12.9. The monoisotopic (exact) mass is 729 g/mol. The maximum absolute atomic E-state index is 14.8. The third-order valence-corrected chi connectivity index (χ3v) is 10.3. The molecule has 272 valence electrons. The number of halogens is 1. The largest absolute Gasteiger partial charge is 0.441 e. The predicted molar refractivity (Wildman–Crippen MR) is 193 cm³/mol. The van der Waals surface area contributed by atoms with Crippen LogP contribution in [0.25, 0.3) is 5.57 Å². The first-order chi connectivity index (χ1) is 25.0. The van der Waals surface area contributed by atoms with E-state index in [2.05, 4.69) is 15.6 Å². The van der Waals surface area contributed by atoms with Crippen molar-refractivity contribution in [2.75, 3.05) is 33.4 Å². The lowest BCUT2D eigenvalue weighted by Gasteiger charge is -2.24. The number of rotatable bonds is 8. The Hall–Kier alpha value is -5.02. The molecule has 1 spiro atoms. The molecule has 4 N–H and O–H groups in total. The summed E-state index contributed by atoms with van der Waals surface area (Å²) in [6, 6.07) is 17.1. The van der Waals surface area contributed by atoms with Crippen LogP contribution in [0.5, 0.6) is 5.75 Å². The number of ether oxygens (including phenoxy) is 3.